The van der Waals surface area contributed by atoms with E-state index in [4.69, 9.17) is 4.74 Å². The van der Waals surface area contributed by atoms with Crippen molar-refractivity contribution in [2.45, 2.75) is 87.8 Å². The molecule has 200 valence electrons. The number of thiophene rings is 1. The van der Waals surface area contributed by atoms with E-state index in [1.54, 1.807) is 17.5 Å². The average molecular weight is 525 g/mol. The zero-order chi connectivity index (χ0) is 26.2. The molecule has 7 N–H and O–H groups in total. The summed E-state index contributed by atoms with van der Waals surface area (Å²) >= 11 is 1.63. The van der Waals surface area contributed by atoms with Gasteiger partial charge in [-0.25, -0.2) is 0 Å². The van der Waals surface area contributed by atoms with E-state index in [2.05, 4.69) is 10.3 Å². The lowest BCUT2D eigenvalue weighted by Gasteiger charge is -2.40. The van der Waals surface area contributed by atoms with Gasteiger partial charge in [-0.2, -0.15) is 0 Å². The first-order valence-electron chi connectivity index (χ1n) is 12.2. The van der Waals surface area contributed by atoms with Gasteiger partial charge in [0.15, 0.2) is 0 Å². The van der Waals surface area contributed by atoms with Gasteiger partial charge >= 0.3 is 0 Å². The molecule has 10 nitrogen and oxygen atoms in total. The first-order chi connectivity index (χ1) is 17.2. The van der Waals surface area contributed by atoms with E-state index in [1.807, 2.05) is 30.3 Å². The molecule has 0 spiro atoms. The van der Waals surface area contributed by atoms with Gasteiger partial charge in [0.2, 0.25) is 5.91 Å². The van der Waals surface area contributed by atoms with Crippen LogP contribution in [0, 0.1) is 0 Å². The van der Waals surface area contributed by atoms with E-state index in [-0.39, 0.29) is 25.2 Å². The SMILES string of the molecule is CC(O)C(O)C(CCC1OC(CO)C(O)C(O)C1O)NC(=O)CCCc1ccc(-c2ccccn2)s1. The predicted octanol–water partition coefficient (Wildman–Crippen LogP) is -0.0181. The molecule has 0 aliphatic carbocycles. The Balaban J connectivity index is 1.51. The van der Waals surface area contributed by atoms with Crippen LogP contribution in [0.1, 0.15) is 37.5 Å². The number of nitrogens with one attached hydrogen (secondary N) is 1. The summed E-state index contributed by atoms with van der Waals surface area (Å²) in [7, 11) is 0. The van der Waals surface area contributed by atoms with Crippen molar-refractivity contribution < 1.29 is 40.2 Å². The Hall–Kier alpha value is -1.96. The minimum Gasteiger partial charge on any atom is -0.394 e. The third-order valence-corrected chi connectivity index (χ3v) is 7.58. The lowest BCUT2D eigenvalue weighted by atomic mass is 9.90. The van der Waals surface area contributed by atoms with E-state index in [1.165, 1.54) is 6.92 Å². The van der Waals surface area contributed by atoms with Crippen LogP contribution in [-0.2, 0) is 16.0 Å². The van der Waals surface area contributed by atoms with Crippen LogP contribution in [0.2, 0.25) is 0 Å². The molecule has 2 aromatic rings. The van der Waals surface area contributed by atoms with Gasteiger partial charge in [0, 0.05) is 17.5 Å². The van der Waals surface area contributed by atoms with Crippen LogP contribution in [0.4, 0.5) is 0 Å². The normalized spacial score (nSPS) is 26.8. The van der Waals surface area contributed by atoms with Crippen molar-refractivity contribution in [1.82, 2.24) is 10.3 Å². The third kappa shape index (κ3) is 7.53. The molecule has 0 saturated carbocycles. The maximum absolute atomic E-state index is 12.6. The quantitative estimate of drug-likeness (QED) is 0.201. The van der Waals surface area contributed by atoms with Crippen LogP contribution in [-0.4, -0.2) is 96.9 Å². The Morgan fingerprint density at radius 1 is 1.11 bits per heavy atom. The fraction of sp³-hybridized carbons (Fsp3) is 0.600. The number of aromatic nitrogens is 1. The maximum Gasteiger partial charge on any atom is 0.220 e. The van der Waals surface area contributed by atoms with Crippen molar-refractivity contribution >= 4 is 17.2 Å². The van der Waals surface area contributed by atoms with Crippen molar-refractivity contribution in [3.05, 3.63) is 41.4 Å². The molecular weight excluding hydrogens is 488 g/mol. The highest BCUT2D eigenvalue weighted by Gasteiger charge is 2.43. The molecule has 3 heterocycles. The van der Waals surface area contributed by atoms with Gasteiger partial charge in [0.05, 0.1) is 41.5 Å². The summed E-state index contributed by atoms with van der Waals surface area (Å²) in [6.07, 6.45) is -5.14. The molecule has 0 aromatic carbocycles. The minimum absolute atomic E-state index is 0.113. The highest BCUT2D eigenvalue weighted by Crippen LogP contribution is 2.28. The highest BCUT2D eigenvalue weighted by molar-refractivity contribution is 7.15. The van der Waals surface area contributed by atoms with Gasteiger partial charge in [0.25, 0.3) is 0 Å². The zero-order valence-electron chi connectivity index (χ0n) is 20.2. The van der Waals surface area contributed by atoms with Gasteiger partial charge in [-0.1, -0.05) is 6.07 Å². The van der Waals surface area contributed by atoms with E-state index in [0.717, 1.165) is 15.4 Å². The summed E-state index contributed by atoms with van der Waals surface area (Å²) < 4.78 is 5.50. The summed E-state index contributed by atoms with van der Waals surface area (Å²) in [5.74, 6) is -0.282. The largest absolute Gasteiger partial charge is 0.394 e. The van der Waals surface area contributed by atoms with Gasteiger partial charge in [-0.05, 0) is 56.9 Å². The molecule has 2 aromatic heterocycles. The van der Waals surface area contributed by atoms with Gasteiger partial charge in [-0.3, -0.25) is 9.78 Å². The Morgan fingerprint density at radius 2 is 1.86 bits per heavy atom. The maximum atomic E-state index is 12.6. The smallest absolute Gasteiger partial charge is 0.220 e. The molecule has 3 rings (SSSR count). The van der Waals surface area contributed by atoms with Crippen molar-refractivity contribution in [2.75, 3.05) is 6.61 Å². The number of hydrogen-bond acceptors (Lipinski definition) is 10. The number of carbonyl (C=O) groups is 1. The van der Waals surface area contributed by atoms with Gasteiger partial charge in [-0.15, -0.1) is 11.3 Å². The van der Waals surface area contributed by atoms with Crippen LogP contribution in [0.5, 0.6) is 0 Å². The van der Waals surface area contributed by atoms with Gasteiger partial charge < -0.3 is 40.7 Å². The molecule has 8 atom stereocenters. The predicted molar refractivity (Wildman–Crippen MR) is 133 cm³/mol. The number of nitrogens with zero attached hydrogens (tertiary/aromatic N) is 1. The summed E-state index contributed by atoms with van der Waals surface area (Å²) in [5.41, 5.74) is 0.904. The fourth-order valence-electron chi connectivity index (χ4n) is 4.29. The molecule has 0 bridgehead atoms. The number of aryl methyl sites for hydroxylation is 1. The van der Waals surface area contributed by atoms with E-state index in [9.17, 15) is 35.4 Å². The molecule has 1 aliphatic heterocycles. The molecule has 1 fully saturated rings. The topological polar surface area (TPSA) is 173 Å². The molecule has 1 amide bonds. The summed E-state index contributed by atoms with van der Waals surface area (Å²) in [6.45, 7) is 0.874. The van der Waals surface area contributed by atoms with Crippen LogP contribution in [0.3, 0.4) is 0 Å². The van der Waals surface area contributed by atoms with Gasteiger partial charge in [0.1, 0.15) is 24.4 Å². The number of rotatable bonds is 12. The summed E-state index contributed by atoms with van der Waals surface area (Å²) in [6, 6.07) is 8.95. The number of carbonyl (C=O) groups excluding carboxylic acids is 1. The van der Waals surface area contributed by atoms with Crippen LogP contribution in [0.15, 0.2) is 36.5 Å². The molecule has 1 saturated heterocycles. The minimum atomic E-state index is -1.49. The number of pyridine rings is 1. The summed E-state index contributed by atoms with van der Waals surface area (Å²) in [4.78, 5) is 19.1. The first-order valence-corrected chi connectivity index (χ1v) is 13.0. The van der Waals surface area contributed by atoms with Crippen molar-refractivity contribution in [3.8, 4) is 10.6 Å². The van der Waals surface area contributed by atoms with Crippen molar-refractivity contribution in [1.29, 1.82) is 0 Å². The fourth-order valence-corrected chi connectivity index (χ4v) is 5.31. The average Bonchev–Trinajstić information content (AvgIpc) is 3.35. The van der Waals surface area contributed by atoms with E-state index < -0.39 is 55.4 Å². The Bertz CT molecular complexity index is 941. The number of hydrogen-bond donors (Lipinski definition) is 7. The standard InChI is InChI=1S/C25H36N2O8S/c1-14(29)22(31)17(9-10-18-23(32)25(34)24(33)19(13-28)35-18)27-21(30)7-4-5-15-8-11-20(36-15)16-6-2-3-12-26-16/h2-3,6,8,11-12,14,17-19,22-25,28-29,31-34H,4-5,7,9-10,13H2,1H3,(H,27,30). The van der Waals surface area contributed by atoms with E-state index in [0.29, 0.717) is 12.8 Å². The molecule has 1 aliphatic rings. The van der Waals surface area contributed by atoms with Crippen molar-refractivity contribution in [2.24, 2.45) is 0 Å². The Morgan fingerprint density at radius 3 is 2.53 bits per heavy atom. The lowest BCUT2D eigenvalue weighted by molar-refractivity contribution is -0.231. The van der Waals surface area contributed by atoms with Crippen LogP contribution in [0.25, 0.3) is 10.6 Å². The molecule has 8 unspecified atom stereocenters. The molecule has 0 radical (unpaired) electrons. The second-order valence-corrected chi connectivity index (χ2v) is 10.4. The van der Waals surface area contributed by atoms with E-state index >= 15 is 0 Å². The Labute approximate surface area is 214 Å². The van der Waals surface area contributed by atoms with Crippen molar-refractivity contribution in [3.63, 3.8) is 0 Å². The number of aliphatic hydroxyl groups excluding tert-OH is 6. The second-order valence-electron chi connectivity index (χ2n) is 9.18. The number of ether oxygens (including phenoxy) is 1. The highest BCUT2D eigenvalue weighted by atomic mass is 32.1. The first kappa shape index (κ1) is 28.6. The lowest BCUT2D eigenvalue weighted by Crippen LogP contribution is -2.58. The molecule has 11 heteroatoms. The summed E-state index contributed by atoms with van der Waals surface area (Å²) in [5, 5.41) is 62.6. The molecular formula is C25H36N2O8S. The Kier molecular flexibility index (Phi) is 10.8. The molecule has 36 heavy (non-hydrogen) atoms. The number of aliphatic hydroxyl groups is 6. The monoisotopic (exact) mass is 524 g/mol. The second kappa shape index (κ2) is 13.5. The number of amides is 1. The zero-order valence-corrected chi connectivity index (χ0v) is 21.0. The third-order valence-electron chi connectivity index (χ3n) is 6.41. The van der Waals surface area contributed by atoms with Crippen LogP contribution >= 0.6 is 11.3 Å². The van der Waals surface area contributed by atoms with Crippen LogP contribution < -0.4 is 5.32 Å².